The van der Waals surface area contributed by atoms with Crippen LogP contribution in [0.3, 0.4) is 0 Å². The topological polar surface area (TPSA) is 188 Å². The highest BCUT2D eigenvalue weighted by molar-refractivity contribution is 6.23. The standard InChI is InChI=1S/C25H36N4O10/c26-6-8-35-10-12-37-14-15-38-13-11-36-9-7-27-21(31)16-39-19-3-1-2-17-22(19)25(34)29(24(17)33)18-4-5-20(30)28-23(18)32/h1-3,18,23,32H,4-16,26H2,(H,27,31)(H,28,30). The molecule has 4 amide bonds. The highest BCUT2D eigenvalue weighted by Gasteiger charge is 2.45. The highest BCUT2D eigenvalue weighted by Crippen LogP contribution is 2.34. The largest absolute Gasteiger partial charge is 0.483 e. The van der Waals surface area contributed by atoms with E-state index in [1.165, 1.54) is 12.1 Å². The van der Waals surface area contributed by atoms with Crippen LogP contribution in [0.2, 0.25) is 0 Å². The van der Waals surface area contributed by atoms with Gasteiger partial charge in [-0.1, -0.05) is 6.07 Å². The number of benzene rings is 1. The normalized spacial score (nSPS) is 18.7. The van der Waals surface area contributed by atoms with Crippen molar-refractivity contribution in [3.63, 3.8) is 0 Å². The Hall–Kier alpha value is -3.14. The van der Waals surface area contributed by atoms with Crippen molar-refractivity contribution in [1.82, 2.24) is 15.5 Å². The fourth-order valence-corrected chi connectivity index (χ4v) is 4.04. The number of nitrogens with one attached hydrogen (secondary N) is 2. The van der Waals surface area contributed by atoms with Gasteiger partial charge in [-0.25, -0.2) is 0 Å². The van der Waals surface area contributed by atoms with Crippen LogP contribution in [0.15, 0.2) is 18.2 Å². The van der Waals surface area contributed by atoms with Crippen LogP contribution in [0, 0.1) is 0 Å². The van der Waals surface area contributed by atoms with Gasteiger partial charge in [-0.2, -0.15) is 0 Å². The summed E-state index contributed by atoms with van der Waals surface area (Å²) in [6.45, 7) is 3.74. The van der Waals surface area contributed by atoms with Crippen LogP contribution in [0.25, 0.3) is 0 Å². The first-order valence-corrected chi connectivity index (χ1v) is 12.8. The van der Waals surface area contributed by atoms with E-state index in [0.717, 1.165) is 4.90 Å². The number of carbonyl (C=O) groups excluding carboxylic acids is 4. The van der Waals surface area contributed by atoms with E-state index < -0.39 is 30.0 Å². The van der Waals surface area contributed by atoms with E-state index >= 15 is 0 Å². The lowest BCUT2D eigenvalue weighted by Gasteiger charge is -2.33. The molecule has 1 saturated heterocycles. The molecule has 216 valence electrons. The summed E-state index contributed by atoms with van der Waals surface area (Å²) in [5.41, 5.74) is 5.45. The highest BCUT2D eigenvalue weighted by atomic mass is 16.6. The zero-order valence-electron chi connectivity index (χ0n) is 21.7. The number of nitrogens with zero attached hydrogens (tertiary/aromatic N) is 1. The minimum absolute atomic E-state index is 0.0214. The number of piperidine rings is 1. The molecule has 39 heavy (non-hydrogen) atoms. The smallest absolute Gasteiger partial charge is 0.265 e. The quantitative estimate of drug-likeness (QED) is 0.121. The lowest BCUT2D eigenvalue weighted by Crippen LogP contribution is -2.57. The number of rotatable bonds is 18. The molecule has 5 N–H and O–H groups in total. The van der Waals surface area contributed by atoms with Crippen molar-refractivity contribution in [3.8, 4) is 5.75 Å². The molecule has 2 atom stereocenters. The zero-order chi connectivity index (χ0) is 28.0. The molecule has 0 radical (unpaired) electrons. The van der Waals surface area contributed by atoms with Crippen molar-refractivity contribution in [2.45, 2.75) is 25.1 Å². The summed E-state index contributed by atoms with van der Waals surface area (Å²) in [6, 6.07) is 3.62. The molecule has 3 rings (SSSR count). The Morgan fingerprint density at radius 3 is 2.26 bits per heavy atom. The predicted octanol–water partition coefficient (Wildman–Crippen LogP) is -1.60. The molecule has 0 saturated carbocycles. The maximum Gasteiger partial charge on any atom is 0.265 e. The Kier molecular flexibility index (Phi) is 12.5. The maximum atomic E-state index is 13.1. The number of aliphatic hydroxyl groups is 1. The van der Waals surface area contributed by atoms with Gasteiger partial charge in [-0.3, -0.25) is 24.1 Å². The monoisotopic (exact) mass is 552 g/mol. The first-order chi connectivity index (χ1) is 18.9. The summed E-state index contributed by atoms with van der Waals surface area (Å²) in [7, 11) is 0. The second-order valence-corrected chi connectivity index (χ2v) is 8.65. The summed E-state index contributed by atoms with van der Waals surface area (Å²) >= 11 is 0. The lowest BCUT2D eigenvalue weighted by atomic mass is 10.0. The molecule has 2 heterocycles. The summed E-state index contributed by atoms with van der Waals surface area (Å²) < 4.78 is 26.8. The van der Waals surface area contributed by atoms with Crippen molar-refractivity contribution in [3.05, 3.63) is 29.3 Å². The van der Waals surface area contributed by atoms with E-state index in [2.05, 4.69) is 10.6 Å². The number of hydrogen-bond donors (Lipinski definition) is 4. The molecule has 0 aliphatic carbocycles. The van der Waals surface area contributed by atoms with Gasteiger partial charge in [0.1, 0.15) is 12.0 Å². The lowest BCUT2D eigenvalue weighted by molar-refractivity contribution is -0.129. The van der Waals surface area contributed by atoms with E-state index in [-0.39, 0.29) is 55.4 Å². The number of carbonyl (C=O) groups is 4. The summed E-state index contributed by atoms with van der Waals surface area (Å²) in [4.78, 5) is 50.6. The minimum Gasteiger partial charge on any atom is -0.483 e. The van der Waals surface area contributed by atoms with Gasteiger partial charge in [0, 0.05) is 19.5 Å². The molecule has 2 aliphatic rings. The number of hydrogen-bond acceptors (Lipinski definition) is 11. The molecular weight excluding hydrogens is 516 g/mol. The molecule has 2 unspecified atom stereocenters. The average molecular weight is 553 g/mol. The molecule has 14 heteroatoms. The van der Waals surface area contributed by atoms with Crippen LogP contribution in [0.5, 0.6) is 5.75 Å². The van der Waals surface area contributed by atoms with Crippen molar-refractivity contribution >= 4 is 23.6 Å². The first kappa shape index (κ1) is 30.4. The van der Waals surface area contributed by atoms with Gasteiger partial charge in [-0.15, -0.1) is 0 Å². The first-order valence-electron chi connectivity index (χ1n) is 12.8. The fourth-order valence-electron chi connectivity index (χ4n) is 4.04. The SMILES string of the molecule is NCCOCCOCCOCCOCCNC(=O)COc1cccc2c1C(=O)N(C1CCC(=O)NC1O)C2=O. The van der Waals surface area contributed by atoms with Crippen molar-refractivity contribution in [1.29, 1.82) is 0 Å². The summed E-state index contributed by atoms with van der Waals surface area (Å²) in [6.07, 6.45) is -1.13. The van der Waals surface area contributed by atoms with Gasteiger partial charge in [0.05, 0.1) is 70.0 Å². The van der Waals surface area contributed by atoms with Gasteiger partial charge in [0.15, 0.2) is 6.61 Å². The van der Waals surface area contributed by atoms with Crippen LogP contribution in [0.4, 0.5) is 0 Å². The fraction of sp³-hybridized carbons (Fsp3) is 0.600. The van der Waals surface area contributed by atoms with Gasteiger partial charge >= 0.3 is 0 Å². The van der Waals surface area contributed by atoms with Crippen LogP contribution in [-0.4, -0.2) is 118 Å². The average Bonchev–Trinajstić information content (AvgIpc) is 3.17. The molecule has 1 aromatic rings. The van der Waals surface area contributed by atoms with Crippen LogP contribution in [0.1, 0.15) is 33.6 Å². The molecule has 0 aromatic heterocycles. The zero-order valence-corrected chi connectivity index (χ0v) is 21.7. The van der Waals surface area contributed by atoms with Gasteiger partial charge in [0.25, 0.3) is 17.7 Å². The molecule has 0 spiro atoms. The Balaban J connectivity index is 1.31. The van der Waals surface area contributed by atoms with E-state index in [4.69, 9.17) is 29.4 Å². The van der Waals surface area contributed by atoms with Gasteiger partial charge in [0.2, 0.25) is 5.91 Å². The summed E-state index contributed by atoms with van der Waals surface area (Å²) in [5, 5.41) is 15.2. The molecule has 14 nitrogen and oxygen atoms in total. The second kappa shape index (κ2) is 16.1. The van der Waals surface area contributed by atoms with Crippen LogP contribution < -0.4 is 21.1 Å². The number of imide groups is 1. The van der Waals surface area contributed by atoms with Gasteiger partial charge < -0.3 is 45.2 Å². The number of fused-ring (bicyclic) bond motifs is 1. The van der Waals surface area contributed by atoms with Crippen molar-refractivity contribution in [2.24, 2.45) is 5.73 Å². The van der Waals surface area contributed by atoms with Crippen molar-refractivity contribution < 1.29 is 48.0 Å². The van der Waals surface area contributed by atoms with Crippen LogP contribution in [-0.2, 0) is 28.5 Å². The minimum atomic E-state index is -1.36. The molecule has 1 fully saturated rings. The summed E-state index contributed by atoms with van der Waals surface area (Å²) in [5.74, 6) is -1.94. The van der Waals surface area contributed by atoms with Gasteiger partial charge in [-0.05, 0) is 18.6 Å². The number of aliphatic hydroxyl groups excluding tert-OH is 1. The Morgan fingerprint density at radius 2 is 1.62 bits per heavy atom. The van der Waals surface area contributed by atoms with E-state index in [0.29, 0.717) is 52.8 Å². The van der Waals surface area contributed by atoms with Crippen molar-refractivity contribution in [2.75, 3.05) is 72.6 Å². The van der Waals surface area contributed by atoms with E-state index in [1.807, 2.05) is 0 Å². The Bertz CT molecular complexity index is 992. The molecule has 2 aliphatic heterocycles. The third kappa shape index (κ3) is 8.95. The Morgan fingerprint density at radius 1 is 0.974 bits per heavy atom. The predicted molar refractivity (Wildman–Crippen MR) is 135 cm³/mol. The van der Waals surface area contributed by atoms with Crippen LogP contribution >= 0.6 is 0 Å². The Labute approximate surface area is 226 Å². The molecule has 0 bridgehead atoms. The molecular formula is C25H36N4O10. The number of ether oxygens (including phenoxy) is 5. The molecule has 1 aromatic carbocycles. The van der Waals surface area contributed by atoms with E-state index in [9.17, 15) is 24.3 Å². The third-order valence-electron chi connectivity index (χ3n) is 5.89. The third-order valence-corrected chi connectivity index (χ3v) is 5.89. The van der Waals surface area contributed by atoms with E-state index in [1.54, 1.807) is 6.07 Å². The number of nitrogens with two attached hydrogens (primary N) is 1. The number of amides is 4. The second-order valence-electron chi connectivity index (χ2n) is 8.65. The maximum absolute atomic E-state index is 13.1.